The van der Waals surface area contributed by atoms with Gasteiger partial charge in [0.1, 0.15) is 5.84 Å². The summed E-state index contributed by atoms with van der Waals surface area (Å²) in [5, 5.41) is 7.32. The van der Waals surface area contributed by atoms with Crippen molar-refractivity contribution in [2.45, 2.75) is 45.3 Å². The molecule has 0 spiro atoms. The van der Waals surface area contributed by atoms with Crippen LogP contribution in [0.4, 0.5) is 10.5 Å². The number of halogens is 2. The third-order valence-corrected chi connectivity index (χ3v) is 7.68. The number of rotatable bonds is 4. The first-order valence-electron chi connectivity index (χ1n) is 11.3. The van der Waals surface area contributed by atoms with Crippen molar-refractivity contribution >= 4 is 57.4 Å². The van der Waals surface area contributed by atoms with E-state index in [2.05, 4.69) is 36.9 Å². The third kappa shape index (κ3) is 4.79. The zero-order chi connectivity index (χ0) is 23.8. The fraction of sp³-hybridized carbons (Fsp3) is 0.400. The molecule has 2 aromatic rings. The van der Waals surface area contributed by atoms with Crippen molar-refractivity contribution in [1.82, 2.24) is 5.01 Å². The van der Waals surface area contributed by atoms with Crippen molar-refractivity contribution in [3.63, 3.8) is 0 Å². The Hall–Kier alpha value is -2.02. The number of aliphatic imine (C=N–C) groups is 1. The van der Waals surface area contributed by atoms with E-state index in [0.717, 1.165) is 47.7 Å². The molecule has 0 radical (unpaired) electrons. The van der Waals surface area contributed by atoms with Gasteiger partial charge in [0, 0.05) is 30.9 Å². The zero-order valence-electron chi connectivity index (χ0n) is 19.4. The third-order valence-electron chi connectivity index (χ3n) is 5.86. The van der Waals surface area contributed by atoms with Crippen molar-refractivity contribution in [3.8, 4) is 0 Å². The van der Waals surface area contributed by atoms with Crippen LogP contribution in [-0.4, -0.2) is 46.2 Å². The van der Waals surface area contributed by atoms with Gasteiger partial charge in [-0.05, 0) is 82.0 Å². The van der Waals surface area contributed by atoms with E-state index in [1.54, 1.807) is 5.01 Å². The fourth-order valence-corrected chi connectivity index (χ4v) is 5.55. The summed E-state index contributed by atoms with van der Waals surface area (Å²) in [5.41, 5.74) is 5.34. The molecule has 4 rings (SSSR count). The average molecular weight is 503 g/mol. The lowest BCUT2D eigenvalue weighted by molar-refractivity contribution is 0.226. The highest BCUT2D eigenvalue weighted by Crippen LogP contribution is 2.38. The smallest absolute Gasteiger partial charge is 0.302 e. The minimum atomic E-state index is -0.389. The van der Waals surface area contributed by atoms with Gasteiger partial charge >= 0.3 is 5.24 Å². The van der Waals surface area contributed by atoms with E-state index in [9.17, 15) is 4.79 Å². The van der Waals surface area contributed by atoms with Crippen LogP contribution in [0.3, 0.4) is 0 Å². The van der Waals surface area contributed by atoms with Crippen LogP contribution in [0.1, 0.15) is 50.8 Å². The molecular formula is C25H28Cl2N4OS. The molecule has 0 saturated heterocycles. The number of carbonyl (C=O) groups is 1. The Bertz CT molecular complexity index is 1150. The Kier molecular flexibility index (Phi) is 7.08. The van der Waals surface area contributed by atoms with E-state index in [4.69, 9.17) is 33.3 Å². The molecule has 2 aliphatic heterocycles. The SMILES string of the molecule is CC/N=C(/c1ccc(Cl)c(Cl)c1)N1CCCc2cc(C3=NN(CC)C(=O)SC3(C)C)ccc21. The summed E-state index contributed by atoms with van der Waals surface area (Å²) >= 11 is 13.8. The first kappa shape index (κ1) is 24.1. The zero-order valence-corrected chi connectivity index (χ0v) is 21.7. The van der Waals surface area contributed by atoms with Crippen LogP contribution in [-0.2, 0) is 6.42 Å². The van der Waals surface area contributed by atoms with Gasteiger partial charge in [-0.1, -0.05) is 41.0 Å². The number of fused-ring (bicyclic) bond motifs is 1. The molecule has 0 bridgehead atoms. The van der Waals surface area contributed by atoms with Gasteiger partial charge in [-0.25, -0.2) is 5.01 Å². The van der Waals surface area contributed by atoms with Crippen LogP contribution in [0, 0.1) is 0 Å². The van der Waals surface area contributed by atoms with E-state index in [1.165, 1.54) is 17.3 Å². The second-order valence-corrected chi connectivity index (χ2v) is 11.0. The minimum absolute atomic E-state index is 0.00238. The lowest BCUT2D eigenvalue weighted by atomic mass is 9.93. The van der Waals surface area contributed by atoms with Gasteiger partial charge in [0.2, 0.25) is 0 Å². The molecule has 0 unspecified atom stereocenters. The number of hydrazone groups is 1. The molecule has 0 aromatic heterocycles. The van der Waals surface area contributed by atoms with Gasteiger partial charge in [0.15, 0.2) is 0 Å². The van der Waals surface area contributed by atoms with Crippen molar-refractivity contribution in [2.24, 2.45) is 10.1 Å². The molecular weight excluding hydrogens is 475 g/mol. The van der Waals surface area contributed by atoms with E-state index in [-0.39, 0.29) is 9.99 Å². The molecule has 2 aromatic carbocycles. The molecule has 0 N–H and O–H groups in total. The highest BCUT2D eigenvalue weighted by Gasteiger charge is 2.37. The fourth-order valence-electron chi connectivity index (χ4n) is 4.29. The highest BCUT2D eigenvalue weighted by atomic mass is 35.5. The Morgan fingerprint density at radius 2 is 1.94 bits per heavy atom. The topological polar surface area (TPSA) is 48.3 Å². The Morgan fingerprint density at radius 1 is 1.15 bits per heavy atom. The molecule has 1 amide bonds. The predicted octanol–water partition coefficient (Wildman–Crippen LogP) is 6.88. The number of aryl methyl sites for hydroxylation is 1. The van der Waals surface area contributed by atoms with E-state index < -0.39 is 0 Å². The number of benzene rings is 2. The Labute approximate surface area is 209 Å². The number of hydrogen-bond donors (Lipinski definition) is 0. The second kappa shape index (κ2) is 9.69. The van der Waals surface area contributed by atoms with Crippen LogP contribution in [0.5, 0.6) is 0 Å². The minimum Gasteiger partial charge on any atom is -0.326 e. The quantitative estimate of drug-likeness (QED) is 0.337. The molecule has 8 heteroatoms. The van der Waals surface area contributed by atoms with Crippen LogP contribution in [0.15, 0.2) is 46.5 Å². The van der Waals surface area contributed by atoms with Crippen LogP contribution in [0.2, 0.25) is 10.0 Å². The molecule has 2 heterocycles. The lowest BCUT2D eigenvalue weighted by Gasteiger charge is -2.35. The molecule has 0 atom stereocenters. The predicted molar refractivity (Wildman–Crippen MR) is 142 cm³/mol. The largest absolute Gasteiger partial charge is 0.326 e. The first-order valence-corrected chi connectivity index (χ1v) is 12.8. The molecule has 5 nitrogen and oxygen atoms in total. The number of anilines is 1. The molecule has 2 aliphatic rings. The lowest BCUT2D eigenvalue weighted by Crippen LogP contribution is -2.41. The monoisotopic (exact) mass is 502 g/mol. The Morgan fingerprint density at radius 3 is 2.64 bits per heavy atom. The Balaban J connectivity index is 1.75. The standard InChI is InChI=1S/C25H28Cl2N4OS/c1-5-28-23(18-9-11-19(26)20(27)15-18)30-13-7-8-16-14-17(10-12-21(16)30)22-25(3,4)33-24(32)31(6-2)29-22/h9-12,14-15H,5-8,13H2,1-4H3/b28-23-. The number of thioether (sulfide) groups is 1. The van der Waals surface area contributed by atoms with Crippen molar-refractivity contribution in [1.29, 1.82) is 0 Å². The molecule has 0 saturated carbocycles. The number of amides is 1. The van der Waals surface area contributed by atoms with Crippen LogP contribution < -0.4 is 4.90 Å². The second-order valence-electron chi connectivity index (χ2n) is 8.57. The summed E-state index contributed by atoms with van der Waals surface area (Å²) in [5.74, 6) is 0.901. The maximum Gasteiger partial charge on any atom is 0.302 e. The van der Waals surface area contributed by atoms with Gasteiger partial charge in [-0.3, -0.25) is 9.79 Å². The average Bonchev–Trinajstić information content (AvgIpc) is 2.78. The number of carbonyl (C=O) groups excluding carboxylic acids is 1. The van der Waals surface area contributed by atoms with Crippen molar-refractivity contribution in [3.05, 3.63) is 63.1 Å². The number of nitrogens with zero attached hydrogens (tertiary/aromatic N) is 4. The van der Waals surface area contributed by atoms with Crippen LogP contribution >= 0.6 is 35.0 Å². The van der Waals surface area contributed by atoms with Gasteiger partial charge in [-0.2, -0.15) is 5.10 Å². The summed E-state index contributed by atoms with van der Waals surface area (Å²) in [6.07, 6.45) is 2.00. The van der Waals surface area contributed by atoms with E-state index >= 15 is 0 Å². The highest BCUT2D eigenvalue weighted by molar-refractivity contribution is 8.15. The maximum absolute atomic E-state index is 12.4. The van der Waals surface area contributed by atoms with E-state index in [1.807, 2.05) is 32.0 Å². The maximum atomic E-state index is 12.4. The number of hydrogen-bond acceptors (Lipinski definition) is 4. The summed E-state index contributed by atoms with van der Waals surface area (Å²) < 4.78 is -0.389. The van der Waals surface area contributed by atoms with Gasteiger partial charge in [-0.15, -0.1) is 0 Å². The van der Waals surface area contributed by atoms with Gasteiger partial charge in [0.25, 0.3) is 0 Å². The molecule has 0 aliphatic carbocycles. The van der Waals surface area contributed by atoms with Gasteiger partial charge in [0.05, 0.1) is 20.5 Å². The summed E-state index contributed by atoms with van der Waals surface area (Å²) in [6.45, 7) is 10.2. The normalized spacial score (nSPS) is 18.3. The first-order chi connectivity index (χ1) is 15.7. The molecule has 33 heavy (non-hydrogen) atoms. The van der Waals surface area contributed by atoms with Crippen molar-refractivity contribution < 1.29 is 4.79 Å². The summed E-state index contributed by atoms with van der Waals surface area (Å²) in [6, 6.07) is 12.2. The molecule has 0 fully saturated rings. The molecule has 174 valence electrons. The van der Waals surface area contributed by atoms with E-state index in [0.29, 0.717) is 23.1 Å². The van der Waals surface area contributed by atoms with Crippen molar-refractivity contribution in [2.75, 3.05) is 24.5 Å². The number of amidine groups is 1. The summed E-state index contributed by atoms with van der Waals surface area (Å²) in [7, 11) is 0. The van der Waals surface area contributed by atoms with Crippen LogP contribution in [0.25, 0.3) is 0 Å². The van der Waals surface area contributed by atoms with Gasteiger partial charge < -0.3 is 4.90 Å². The summed E-state index contributed by atoms with van der Waals surface area (Å²) in [4.78, 5) is 19.4.